The molecule has 8 heteroatoms. The van der Waals surface area contributed by atoms with Gasteiger partial charge in [-0.15, -0.1) is 0 Å². The molecular formula is C13H20N2O5S. The third-order valence-corrected chi connectivity index (χ3v) is 3.80. The van der Waals surface area contributed by atoms with Crippen molar-refractivity contribution in [2.24, 2.45) is 0 Å². The Bertz CT molecular complexity index is 573. The first-order chi connectivity index (χ1) is 9.68. The molecule has 0 aliphatic rings. The van der Waals surface area contributed by atoms with Gasteiger partial charge in [0.1, 0.15) is 0 Å². The van der Waals surface area contributed by atoms with Crippen molar-refractivity contribution in [2.75, 3.05) is 6.61 Å². The van der Waals surface area contributed by atoms with E-state index in [4.69, 9.17) is 4.74 Å². The van der Waals surface area contributed by atoms with Crippen molar-refractivity contribution in [2.45, 2.75) is 32.4 Å². The highest BCUT2D eigenvalue weighted by molar-refractivity contribution is 7.88. The molecule has 0 spiro atoms. The number of rotatable bonds is 6. The maximum absolute atomic E-state index is 11.9. The molecule has 1 rings (SSSR count). The molecule has 0 fully saturated rings. The van der Waals surface area contributed by atoms with E-state index in [1.54, 1.807) is 48.9 Å². The second-order valence-electron chi connectivity index (χ2n) is 5.02. The van der Waals surface area contributed by atoms with Gasteiger partial charge in [0.05, 0.1) is 18.2 Å². The Labute approximate surface area is 124 Å². The van der Waals surface area contributed by atoms with Gasteiger partial charge in [0.2, 0.25) is 0 Å². The lowest BCUT2D eigenvalue weighted by molar-refractivity contribution is 0.121. The monoisotopic (exact) mass is 316 g/mol. The molecule has 1 aromatic carbocycles. The van der Waals surface area contributed by atoms with Crippen molar-refractivity contribution >= 4 is 16.3 Å². The maximum Gasteiger partial charge on any atom is 0.422 e. The van der Waals surface area contributed by atoms with Crippen LogP contribution >= 0.6 is 0 Å². The molecule has 1 atom stereocenters. The van der Waals surface area contributed by atoms with Gasteiger partial charge in [-0.3, -0.25) is 0 Å². The SMILES string of the molecule is CC(C)OC(=O)NS(=O)(=O)NC(C)(CO)c1ccccc1. The quantitative estimate of drug-likeness (QED) is 0.722. The molecule has 0 aromatic heterocycles. The van der Waals surface area contributed by atoms with Gasteiger partial charge in [-0.2, -0.15) is 13.1 Å². The van der Waals surface area contributed by atoms with Crippen molar-refractivity contribution in [1.82, 2.24) is 9.44 Å². The van der Waals surface area contributed by atoms with Gasteiger partial charge in [0.15, 0.2) is 0 Å². The first kappa shape index (κ1) is 17.4. The van der Waals surface area contributed by atoms with E-state index in [1.165, 1.54) is 6.92 Å². The predicted molar refractivity (Wildman–Crippen MR) is 77.7 cm³/mol. The number of aliphatic hydroxyl groups is 1. The number of carbonyl (C=O) groups is 1. The molecule has 1 amide bonds. The summed E-state index contributed by atoms with van der Waals surface area (Å²) < 4.78 is 32.6. The zero-order valence-corrected chi connectivity index (χ0v) is 13.0. The number of hydrogen-bond acceptors (Lipinski definition) is 5. The zero-order valence-electron chi connectivity index (χ0n) is 12.2. The van der Waals surface area contributed by atoms with Gasteiger partial charge < -0.3 is 9.84 Å². The van der Waals surface area contributed by atoms with Crippen LogP contribution in [0.15, 0.2) is 30.3 Å². The van der Waals surface area contributed by atoms with Crippen LogP contribution in [0, 0.1) is 0 Å². The first-order valence-corrected chi connectivity index (χ1v) is 7.85. The van der Waals surface area contributed by atoms with E-state index >= 15 is 0 Å². The number of aliphatic hydroxyl groups excluding tert-OH is 1. The Morgan fingerprint density at radius 1 is 1.33 bits per heavy atom. The van der Waals surface area contributed by atoms with Crippen LogP contribution in [0.3, 0.4) is 0 Å². The summed E-state index contributed by atoms with van der Waals surface area (Å²) in [6.45, 7) is 4.23. The summed E-state index contributed by atoms with van der Waals surface area (Å²) in [6.07, 6.45) is -1.52. The summed E-state index contributed by atoms with van der Waals surface area (Å²) in [6, 6.07) is 8.56. The molecule has 1 unspecified atom stereocenters. The van der Waals surface area contributed by atoms with E-state index in [-0.39, 0.29) is 0 Å². The maximum atomic E-state index is 11.9. The van der Waals surface area contributed by atoms with Crippen molar-refractivity contribution in [3.05, 3.63) is 35.9 Å². The van der Waals surface area contributed by atoms with Gasteiger partial charge >= 0.3 is 16.3 Å². The fourth-order valence-electron chi connectivity index (χ4n) is 1.66. The molecule has 0 aliphatic heterocycles. The van der Waals surface area contributed by atoms with Crippen LogP contribution in [-0.4, -0.2) is 32.3 Å². The molecule has 0 aliphatic carbocycles. The van der Waals surface area contributed by atoms with Gasteiger partial charge in [-0.1, -0.05) is 30.3 Å². The molecule has 1 aromatic rings. The van der Waals surface area contributed by atoms with Gasteiger partial charge in [0.25, 0.3) is 0 Å². The summed E-state index contributed by atoms with van der Waals surface area (Å²) in [5.41, 5.74) is -0.694. The molecular weight excluding hydrogens is 296 g/mol. The second-order valence-corrected chi connectivity index (χ2v) is 6.43. The summed E-state index contributed by atoms with van der Waals surface area (Å²) >= 11 is 0. The van der Waals surface area contributed by atoms with E-state index in [2.05, 4.69) is 4.72 Å². The summed E-state index contributed by atoms with van der Waals surface area (Å²) in [5.74, 6) is 0. The standard InChI is InChI=1S/C13H20N2O5S/c1-10(2)20-12(17)14-21(18,19)15-13(3,9-16)11-7-5-4-6-8-11/h4-8,10,15-16H,9H2,1-3H3,(H,14,17). The number of carbonyl (C=O) groups excluding carboxylic acids is 1. The molecule has 21 heavy (non-hydrogen) atoms. The molecule has 3 N–H and O–H groups in total. The lowest BCUT2D eigenvalue weighted by Crippen LogP contribution is -2.52. The van der Waals surface area contributed by atoms with Crippen LogP contribution in [0.5, 0.6) is 0 Å². The Hall–Kier alpha value is -1.64. The molecule has 0 saturated carbocycles. The molecule has 0 bridgehead atoms. The first-order valence-electron chi connectivity index (χ1n) is 6.37. The predicted octanol–water partition coefficient (Wildman–Crippen LogP) is 0.863. The summed E-state index contributed by atoms with van der Waals surface area (Å²) in [4.78, 5) is 11.4. The number of hydrogen-bond donors (Lipinski definition) is 3. The van der Waals surface area contributed by atoms with E-state index < -0.39 is 34.6 Å². The highest BCUT2D eigenvalue weighted by Crippen LogP contribution is 2.20. The average Bonchev–Trinajstić information content (AvgIpc) is 2.37. The third kappa shape index (κ3) is 5.33. The van der Waals surface area contributed by atoms with E-state index in [0.29, 0.717) is 5.56 Å². The number of ether oxygens (including phenoxy) is 1. The average molecular weight is 316 g/mol. The minimum absolute atomic E-state index is 0.446. The minimum Gasteiger partial charge on any atom is -0.446 e. The minimum atomic E-state index is -4.18. The molecule has 7 nitrogen and oxygen atoms in total. The van der Waals surface area contributed by atoms with Crippen molar-refractivity contribution in [3.8, 4) is 0 Å². The smallest absolute Gasteiger partial charge is 0.422 e. The van der Waals surface area contributed by atoms with Gasteiger partial charge in [-0.25, -0.2) is 9.52 Å². The summed E-state index contributed by atoms with van der Waals surface area (Å²) in [5, 5.41) is 9.51. The van der Waals surface area contributed by atoms with Crippen LogP contribution in [0.4, 0.5) is 4.79 Å². The topological polar surface area (TPSA) is 105 Å². The Morgan fingerprint density at radius 2 is 1.90 bits per heavy atom. The van der Waals surface area contributed by atoms with Crippen LogP contribution in [0.1, 0.15) is 26.3 Å². The van der Waals surface area contributed by atoms with E-state index in [9.17, 15) is 18.3 Å². The summed E-state index contributed by atoms with van der Waals surface area (Å²) in [7, 11) is -4.18. The Morgan fingerprint density at radius 3 is 2.38 bits per heavy atom. The molecule has 0 radical (unpaired) electrons. The van der Waals surface area contributed by atoms with Crippen LogP contribution in [0.2, 0.25) is 0 Å². The number of nitrogens with one attached hydrogen (secondary N) is 2. The highest BCUT2D eigenvalue weighted by atomic mass is 32.2. The lowest BCUT2D eigenvalue weighted by Gasteiger charge is -2.28. The normalized spacial score (nSPS) is 14.5. The molecule has 0 saturated heterocycles. The fourth-order valence-corrected chi connectivity index (χ4v) is 2.75. The van der Waals surface area contributed by atoms with Crippen molar-refractivity contribution in [3.63, 3.8) is 0 Å². The van der Waals surface area contributed by atoms with Crippen molar-refractivity contribution < 1.29 is 23.1 Å². The number of benzene rings is 1. The van der Waals surface area contributed by atoms with Crippen molar-refractivity contribution in [1.29, 1.82) is 0 Å². The van der Waals surface area contributed by atoms with Crippen LogP contribution in [-0.2, 0) is 20.5 Å². The Balaban J connectivity index is 2.88. The van der Waals surface area contributed by atoms with Gasteiger partial charge in [0, 0.05) is 0 Å². The zero-order chi connectivity index (χ0) is 16.1. The highest BCUT2D eigenvalue weighted by Gasteiger charge is 2.32. The third-order valence-electron chi connectivity index (χ3n) is 2.65. The van der Waals surface area contributed by atoms with E-state index in [0.717, 1.165) is 0 Å². The van der Waals surface area contributed by atoms with E-state index in [1.807, 2.05) is 0 Å². The number of amides is 1. The molecule has 118 valence electrons. The largest absolute Gasteiger partial charge is 0.446 e. The van der Waals surface area contributed by atoms with Crippen LogP contribution in [0.25, 0.3) is 0 Å². The second kappa shape index (κ2) is 6.88. The Kier molecular flexibility index (Phi) is 5.70. The molecule has 0 heterocycles. The lowest BCUT2D eigenvalue weighted by atomic mass is 9.94. The van der Waals surface area contributed by atoms with Gasteiger partial charge in [-0.05, 0) is 26.3 Å². The van der Waals surface area contributed by atoms with Crippen LogP contribution < -0.4 is 9.44 Å². The fraction of sp³-hybridized carbons (Fsp3) is 0.462.